The lowest BCUT2D eigenvalue weighted by Crippen LogP contribution is -2.50. The Morgan fingerprint density at radius 2 is 1.67 bits per heavy atom. The van der Waals surface area contributed by atoms with Gasteiger partial charge in [-0.1, -0.05) is 35.9 Å². The molecular weight excluding hydrogens is 386 g/mol. The lowest BCUT2D eigenvalue weighted by atomic mass is 10.1. The van der Waals surface area contributed by atoms with Gasteiger partial charge >= 0.3 is 0 Å². The minimum Gasteiger partial charge on any atom is -0.340 e. The number of carbonyl (C=O) groups is 1. The fourth-order valence-electron chi connectivity index (χ4n) is 2.99. The van der Waals surface area contributed by atoms with E-state index in [2.05, 4.69) is 0 Å². The van der Waals surface area contributed by atoms with Gasteiger partial charge in [-0.05, 0) is 29.8 Å². The third kappa shape index (κ3) is 4.30. The zero-order valence-corrected chi connectivity index (χ0v) is 16.1. The molecule has 0 spiro atoms. The van der Waals surface area contributed by atoms with Crippen LogP contribution in [-0.4, -0.2) is 49.7 Å². The highest BCUT2D eigenvalue weighted by Gasteiger charge is 2.31. The van der Waals surface area contributed by atoms with Crippen molar-refractivity contribution in [3.05, 3.63) is 64.7 Å². The number of rotatable bonds is 4. The first-order valence-electron chi connectivity index (χ1n) is 8.43. The second-order valence-corrected chi connectivity index (χ2v) is 8.54. The number of benzene rings is 2. The molecule has 0 N–H and O–H groups in total. The molecule has 1 fully saturated rings. The lowest BCUT2D eigenvalue weighted by molar-refractivity contribution is -0.131. The number of carbonyl (C=O) groups excluding carboxylic acids is 1. The van der Waals surface area contributed by atoms with Crippen LogP contribution in [0.1, 0.15) is 11.1 Å². The summed E-state index contributed by atoms with van der Waals surface area (Å²) in [6.45, 7) is 1.05. The summed E-state index contributed by atoms with van der Waals surface area (Å²) in [4.78, 5) is 14.1. The highest BCUT2D eigenvalue weighted by Crippen LogP contribution is 2.21. The smallest absolute Gasteiger partial charge is 0.244 e. The van der Waals surface area contributed by atoms with Gasteiger partial charge in [0.1, 0.15) is 6.07 Å². The number of hydrogen-bond donors (Lipinski definition) is 0. The van der Waals surface area contributed by atoms with Gasteiger partial charge in [0.15, 0.2) is 0 Å². The number of piperazine rings is 1. The molecule has 0 unspecified atom stereocenters. The fourth-order valence-corrected chi connectivity index (χ4v) is 4.68. The van der Waals surface area contributed by atoms with Crippen LogP contribution in [0.2, 0.25) is 5.02 Å². The van der Waals surface area contributed by atoms with E-state index in [0.717, 1.165) is 5.56 Å². The normalized spacial score (nSPS) is 15.3. The molecule has 1 saturated heterocycles. The molecule has 1 aliphatic rings. The molecule has 1 aliphatic heterocycles. The van der Waals surface area contributed by atoms with Crippen molar-refractivity contribution in [2.45, 2.75) is 11.3 Å². The summed E-state index contributed by atoms with van der Waals surface area (Å²) in [6, 6.07) is 15.2. The molecule has 1 heterocycles. The van der Waals surface area contributed by atoms with Gasteiger partial charge in [0.2, 0.25) is 15.9 Å². The monoisotopic (exact) mass is 403 g/mol. The molecule has 3 rings (SSSR count). The van der Waals surface area contributed by atoms with Crippen molar-refractivity contribution >= 4 is 27.5 Å². The summed E-state index contributed by atoms with van der Waals surface area (Å²) < 4.78 is 27.0. The molecule has 0 atom stereocenters. The molecule has 6 nitrogen and oxygen atoms in total. The highest BCUT2D eigenvalue weighted by atomic mass is 35.5. The van der Waals surface area contributed by atoms with Gasteiger partial charge in [-0.2, -0.15) is 9.57 Å². The summed E-state index contributed by atoms with van der Waals surface area (Å²) in [7, 11) is -3.76. The van der Waals surface area contributed by atoms with E-state index in [1.807, 2.05) is 6.07 Å². The van der Waals surface area contributed by atoms with Gasteiger partial charge in [0.05, 0.1) is 16.9 Å². The number of halogens is 1. The SMILES string of the molecule is N#Cc1ccccc1S(=O)(=O)N1CCN(C(=O)Cc2ccc(Cl)cc2)CC1. The highest BCUT2D eigenvalue weighted by molar-refractivity contribution is 7.89. The maximum absolute atomic E-state index is 12.8. The number of sulfonamides is 1. The molecule has 2 aromatic rings. The Balaban J connectivity index is 1.65. The first-order valence-corrected chi connectivity index (χ1v) is 10.2. The molecule has 0 radical (unpaired) electrons. The molecule has 0 aliphatic carbocycles. The Hall–Kier alpha value is -2.40. The maximum atomic E-state index is 12.8. The van der Waals surface area contributed by atoms with Gasteiger partial charge in [-0.3, -0.25) is 4.79 Å². The van der Waals surface area contributed by atoms with Crippen LogP contribution < -0.4 is 0 Å². The largest absolute Gasteiger partial charge is 0.340 e. The van der Waals surface area contributed by atoms with E-state index in [-0.39, 0.29) is 35.9 Å². The van der Waals surface area contributed by atoms with Crippen LogP contribution >= 0.6 is 11.6 Å². The van der Waals surface area contributed by atoms with E-state index in [4.69, 9.17) is 16.9 Å². The summed E-state index contributed by atoms with van der Waals surface area (Å²) in [5.41, 5.74) is 0.987. The quantitative estimate of drug-likeness (QED) is 0.784. The van der Waals surface area contributed by atoms with Gasteiger partial charge in [0, 0.05) is 31.2 Å². The number of amides is 1. The summed E-state index contributed by atoms with van der Waals surface area (Å²) in [5.74, 6) is -0.0493. The average molecular weight is 404 g/mol. The standard InChI is InChI=1S/C19H18ClN3O3S/c20-17-7-5-15(6-8-17)13-19(24)22-9-11-23(12-10-22)27(25,26)18-4-2-1-3-16(18)14-21/h1-8H,9-13H2. The molecule has 0 bridgehead atoms. The van der Waals surface area contributed by atoms with Gasteiger partial charge < -0.3 is 4.90 Å². The first kappa shape index (κ1) is 19.4. The van der Waals surface area contributed by atoms with Crippen molar-refractivity contribution in [3.8, 4) is 6.07 Å². The summed E-state index contributed by atoms with van der Waals surface area (Å²) >= 11 is 5.85. The van der Waals surface area contributed by atoms with E-state index >= 15 is 0 Å². The predicted molar refractivity (Wildman–Crippen MR) is 102 cm³/mol. The van der Waals surface area contributed by atoms with Gasteiger partial charge in [0.25, 0.3) is 0 Å². The lowest BCUT2D eigenvalue weighted by Gasteiger charge is -2.34. The number of hydrogen-bond acceptors (Lipinski definition) is 4. The Labute approximate surface area is 163 Å². The molecule has 8 heteroatoms. The van der Waals surface area contributed by atoms with Crippen LogP contribution in [0.3, 0.4) is 0 Å². The second kappa shape index (κ2) is 8.09. The van der Waals surface area contributed by atoms with E-state index in [1.165, 1.54) is 16.4 Å². The number of nitrogens with zero attached hydrogens (tertiary/aromatic N) is 3. The molecule has 1 amide bonds. The summed E-state index contributed by atoms with van der Waals surface area (Å²) in [5, 5.41) is 9.77. The molecule has 27 heavy (non-hydrogen) atoms. The van der Waals surface area contributed by atoms with Crippen molar-refractivity contribution in [2.24, 2.45) is 0 Å². The molecule has 0 saturated carbocycles. The van der Waals surface area contributed by atoms with Crippen molar-refractivity contribution in [1.82, 2.24) is 9.21 Å². The van der Waals surface area contributed by atoms with Gasteiger partial charge in [-0.25, -0.2) is 8.42 Å². The van der Waals surface area contributed by atoms with Crippen LogP contribution in [0.5, 0.6) is 0 Å². The van der Waals surface area contributed by atoms with Gasteiger partial charge in [-0.15, -0.1) is 0 Å². The van der Waals surface area contributed by atoms with Crippen LogP contribution in [0, 0.1) is 11.3 Å². The van der Waals surface area contributed by atoms with Crippen molar-refractivity contribution in [1.29, 1.82) is 5.26 Å². The van der Waals surface area contributed by atoms with E-state index < -0.39 is 10.0 Å². The topological polar surface area (TPSA) is 81.5 Å². The molecule has 0 aromatic heterocycles. The van der Waals surface area contributed by atoms with Crippen LogP contribution in [0.15, 0.2) is 53.4 Å². The zero-order chi connectivity index (χ0) is 19.4. The Kier molecular flexibility index (Phi) is 5.80. The minimum atomic E-state index is -3.76. The van der Waals surface area contributed by atoms with E-state index in [0.29, 0.717) is 18.1 Å². The Morgan fingerprint density at radius 3 is 2.30 bits per heavy atom. The Bertz CT molecular complexity index is 976. The second-order valence-electron chi connectivity index (χ2n) is 6.20. The third-order valence-corrected chi connectivity index (χ3v) is 6.69. The minimum absolute atomic E-state index is 0.00782. The fraction of sp³-hybridized carbons (Fsp3) is 0.263. The molecule has 140 valence electrons. The maximum Gasteiger partial charge on any atom is 0.244 e. The third-order valence-electron chi connectivity index (χ3n) is 4.49. The Morgan fingerprint density at radius 1 is 1.04 bits per heavy atom. The molecule has 2 aromatic carbocycles. The predicted octanol–water partition coefficient (Wildman–Crippen LogP) is 2.29. The van der Waals surface area contributed by atoms with E-state index in [9.17, 15) is 13.2 Å². The van der Waals surface area contributed by atoms with Crippen LogP contribution in [0.25, 0.3) is 0 Å². The van der Waals surface area contributed by atoms with Crippen molar-refractivity contribution < 1.29 is 13.2 Å². The first-order chi connectivity index (χ1) is 12.9. The van der Waals surface area contributed by atoms with Crippen molar-refractivity contribution in [3.63, 3.8) is 0 Å². The van der Waals surface area contributed by atoms with Crippen LogP contribution in [-0.2, 0) is 21.2 Å². The zero-order valence-electron chi connectivity index (χ0n) is 14.5. The van der Waals surface area contributed by atoms with Crippen molar-refractivity contribution in [2.75, 3.05) is 26.2 Å². The van der Waals surface area contributed by atoms with E-state index in [1.54, 1.807) is 41.3 Å². The van der Waals surface area contributed by atoms with Crippen LogP contribution in [0.4, 0.5) is 0 Å². The number of nitriles is 1. The average Bonchev–Trinajstić information content (AvgIpc) is 2.69. The summed E-state index contributed by atoms with van der Waals surface area (Å²) in [6.07, 6.45) is 0.251. The molecular formula is C19H18ClN3O3S.